The lowest BCUT2D eigenvalue weighted by molar-refractivity contribution is -0.116. The summed E-state index contributed by atoms with van der Waals surface area (Å²) in [6.45, 7) is 3.64. The summed E-state index contributed by atoms with van der Waals surface area (Å²) in [4.78, 5) is 40.0. The molecule has 0 spiro atoms. The number of anilines is 1. The number of nitrogens with zero attached hydrogens (tertiary/aromatic N) is 1. The number of carbonyl (C=O) groups is 2. The van der Waals surface area contributed by atoms with Crippen LogP contribution in [0.5, 0.6) is 5.75 Å². The lowest BCUT2D eigenvalue weighted by atomic mass is 10.0. The fourth-order valence-corrected chi connectivity index (χ4v) is 4.81. The molecular formula is C20H21N3O5S2. The van der Waals surface area contributed by atoms with Crippen LogP contribution in [0.4, 0.5) is 5.13 Å². The summed E-state index contributed by atoms with van der Waals surface area (Å²) in [6.07, 6.45) is 0.352. The number of thiazole rings is 1. The lowest BCUT2D eigenvalue weighted by Crippen LogP contribution is -2.16. The van der Waals surface area contributed by atoms with Crippen molar-refractivity contribution in [3.05, 3.63) is 45.4 Å². The third kappa shape index (κ3) is 5.00. The highest BCUT2D eigenvalue weighted by molar-refractivity contribution is 8.01. The van der Waals surface area contributed by atoms with E-state index in [2.05, 4.69) is 10.3 Å². The number of primary amides is 1. The van der Waals surface area contributed by atoms with Crippen LogP contribution in [0.1, 0.15) is 23.2 Å². The molecule has 0 unspecified atom stereocenters. The summed E-state index contributed by atoms with van der Waals surface area (Å²) < 4.78 is 11.4. The number of amides is 2. The van der Waals surface area contributed by atoms with Gasteiger partial charge in [0.05, 0.1) is 22.8 Å². The van der Waals surface area contributed by atoms with Gasteiger partial charge in [-0.15, -0.1) is 11.8 Å². The molecule has 0 aliphatic heterocycles. The first kappa shape index (κ1) is 21.8. The summed E-state index contributed by atoms with van der Waals surface area (Å²) in [6, 6.07) is 5.29. The number of methoxy groups -OCH3 is 1. The van der Waals surface area contributed by atoms with Crippen molar-refractivity contribution in [1.82, 2.24) is 4.98 Å². The zero-order chi connectivity index (χ0) is 21.8. The topological polar surface area (TPSA) is 125 Å². The minimum Gasteiger partial charge on any atom is -0.497 e. The Morgan fingerprint density at radius 1 is 1.33 bits per heavy atom. The van der Waals surface area contributed by atoms with Gasteiger partial charge < -0.3 is 20.2 Å². The molecule has 3 N–H and O–H groups in total. The molecule has 0 aliphatic carbocycles. The van der Waals surface area contributed by atoms with E-state index in [-0.39, 0.29) is 24.5 Å². The number of nitrogens with one attached hydrogen (secondary N) is 1. The first-order chi connectivity index (χ1) is 14.3. The van der Waals surface area contributed by atoms with E-state index in [0.717, 1.165) is 20.9 Å². The molecule has 30 heavy (non-hydrogen) atoms. The molecule has 3 aromatic rings. The van der Waals surface area contributed by atoms with E-state index in [1.54, 1.807) is 26.2 Å². The van der Waals surface area contributed by atoms with Gasteiger partial charge in [-0.2, -0.15) is 0 Å². The van der Waals surface area contributed by atoms with Gasteiger partial charge in [0, 0.05) is 23.4 Å². The van der Waals surface area contributed by atoms with Gasteiger partial charge in [-0.3, -0.25) is 9.59 Å². The molecule has 1 aromatic carbocycles. The van der Waals surface area contributed by atoms with Gasteiger partial charge in [0.25, 0.3) is 0 Å². The van der Waals surface area contributed by atoms with Crippen molar-refractivity contribution < 1.29 is 18.7 Å². The minimum atomic E-state index is -0.462. The van der Waals surface area contributed by atoms with Crippen LogP contribution < -0.4 is 21.4 Å². The average molecular weight is 448 g/mol. The molecule has 0 bridgehead atoms. The van der Waals surface area contributed by atoms with Gasteiger partial charge in [0.1, 0.15) is 11.3 Å². The van der Waals surface area contributed by atoms with Crippen LogP contribution in [-0.4, -0.2) is 29.7 Å². The summed E-state index contributed by atoms with van der Waals surface area (Å²) in [7, 11) is 1.54. The van der Waals surface area contributed by atoms with Crippen LogP contribution in [0.2, 0.25) is 0 Å². The standard InChI is InChI=1S/C20H21N3O5S2/c1-10-13-5-4-12(27-3)8-15(13)28-18(26)14(10)6-7-17(25)23-20-22-11(2)19(30-20)29-9-16(21)24/h4-5,8H,6-7,9H2,1-3H3,(H2,21,24)(H,22,23,25). The van der Waals surface area contributed by atoms with E-state index < -0.39 is 11.5 Å². The summed E-state index contributed by atoms with van der Waals surface area (Å²) in [5, 5.41) is 3.99. The zero-order valence-corrected chi connectivity index (χ0v) is 18.4. The highest BCUT2D eigenvalue weighted by atomic mass is 32.2. The van der Waals surface area contributed by atoms with Crippen LogP contribution in [0, 0.1) is 13.8 Å². The van der Waals surface area contributed by atoms with Crippen molar-refractivity contribution in [3.63, 3.8) is 0 Å². The molecule has 2 aromatic heterocycles. The molecule has 10 heteroatoms. The third-order valence-electron chi connectivity index (χ3n) is 4.44. The van der Waals surface area contributed by atoms with Gasteiger partial charge in [0.15, 0.2) is 5.13 Å². The number of aryl methyl sites for hydroxylation is 2. The maximum atomic E-state index is 12.4. The Bertz CT molecular complexity index is 1170. The molecule has 0 aliphatic rings. The minimum absolute atomic E-state index is 0.107. The molecule has 158 valence electrons. The predicted octanol–water partition coefficient (Wildman–Crippen LogP) is 3.02. The third-order valence-corrected chi connectivity index (χ3v) is 6.90. The maximum absolute atomic E-state index is 12.4. The SMILES string of the molecule is COc1ccc2c(C)c(CCC(=O)Nc3nc(C)c(SCC(N)=O)s3)c(=O)oc2c1. The van der Waals surface area contributed by atoms with E-state index in [1.807, 2.05) is 13.0 Å². The Kier molecular flexibility index (Phi) is 6.78. The van der Waals surface area contributed by atoms with E-state index in [4.69, 9.17) is 14.9 Å². The van der Waals surface area contributed by atoms with Gasteiger partial charge in [-0.1, -0.05) is 11.3 Å². The largest absolute Gasteiger partial charge is 0.497 e. The second kappa shape index (κ2) is 9.31. The first-order valence-corrected chi connectivity index (χ1v) is 10.9. The molecule has 0 saturated carbocycles. The summed E-state index contributed by atoms with van der Waals surface area (Å²) in [5.74, 6) is 0.0776. The fraction of sp³-hybridized carbons (Fsp3) is 0.300. The highest BCUT2D eigenvalue weighted by Gasteiger charge is 2.15. The van der Waals surface area contributed by atoms with E-state index >= 15 is 0 Å². The van der Waals surface area contributed by atoms with E-state index in [9.17, 15) is 14.4 Å². The molecule has 0 radical (unpaired) electrons. The summed E-state index contributed by atoms with van der Waals surface area (Å²) >= 11 is 2.57. The van der Waals surface area contributed by atoms with Gasteiger partial charge >= 0.3 is 5.63 Å². The van der Waals surface area contributed by atoms with Gasteiger partial charge in [0.2, 0.25) is 11.8 Å². The van der Waals surface area contributed by atoms with Crippen LogP contribution >= 0.6 is 23.1 Å². The Hall–Kier alpha value is -2.85. The number of aromatic nitrogens is 1. The van der Waals surface area contributed by atoms with Crippen LogP contribution in [-0.2, 0) is 16.0 Å². The second-order valence-corrected chi connectivity index (χ2v) is 8.79. The molecule has 0 fully saturated rings. The van der Waals surface area contributed by atoms with Crippen LogP contribution in [0.15, 0.2) is 31.6 Å². The molecule has 0 saturated heterocycles. The van der Waals surface area contributed by atoms with Crippen molar-refractivity contribution in [2.75, 3.05) is 18.2 Å². The molecule has 3 rings (SSSR count). The van der Waals surface area contributed by atoms with E-state index in [1.165, 1.54) is 23.1 Å². The van der Waals surface area contributed by atoms with Crippen molar-refractivity contribution >= 4 is 51.0 Å². The summed E-state index contributed by atoms with van der Waals surface area (Å²) in [5.41, 5.74) is 7.13. The zero-order valence-electron chi connectivity index (χ0n) is 16.7. The predicted molar refractivity (Wildman–Crippen MR) is 117 cm³/mol. The lowest BCUT2D eigenvalue weighted by Gasteiger charge is -2.08. The van der Waals surface area contributed by atoms with Gasteiger partial charge in [-0.25, -0.2) is 9.78 Å². The molecule has 0 atom stereocenters. The molecule has 8 nitrogen and oxygen atoms in total. The number of benzene rings is 1. The Morgan fingerprint density at radius 2 is 2.10 bits per heavy atom. The number of ether oxygens (including phenoxy) is 1. The van der Waals surface area contributed by atoms with Crippen molar-refractivity contribution in [1.29, 1.82) is 0 Å². The van der Waals surface area contributed by atoms with Crippen LogP contribution in [0.3, 0.4) is 0 Å². The highest BCUT2D eigenvalue weighted by Crippen LogP contribution is 2.32. The Morgan fingerprint density at radius 3 is 2.80 bits per heavy atom. The number of hydrogen-bond acceptors (Lipinski definition) is 8. The van der Waals surface area contributed by atoms with Crippen molar-refractivity contribution in [2.45, 2.75) is 30.9 Å². The number of nitrogens with two attached hydrogens (primary N) is 1. The Balaban J connectivity index is 1.69. The number of carbonyl (C=O) groups excluding carboxylic acids is 2. The monoisotopic (exact) mass is 447 g/mol. The molecule has 2 amide bonds. The van der Waals surface area contributed by atoms with Crippen molar-refractivity contribution in [2.24, 2.45) is 5.73 Å². The van der Waals surface area contributed by atoms with Crippen LogP contribution in [0.25, 0.3) is 11.0 Å². The number of hydrogen-bond donors (Lipinski definition) is 2. The molecular weight excluding hydrogens is 426 g/mol. The molecule has 2 heterocycles. The number of fused-ring (bicyclic) bond motifs is 1. The average Bonchev–Trinajstić information content (AvgIpc) is 3.04. The van der Waals surface area contributed by atoms with Gasteiger partial charge in [-0.05, 0) is 38.0 Å². The normalized spacial score (nSPS) is 10.9. The second-order valence-electron chi connectivity index (χ2n) is 6.55. The maximum Gasteiger partial charge on any atom is 0.339 e. The van der Waals surface area contributed by atoms with E-state index in [0.29, 0.717) is 22.0 Å². The Labute approximate surface area is 180 Å². The first-order valence-electron chi connectivity index (χ1n) is 9.07. The number of rotatable bonds is 8. The van der Waals surface area contributed by atoms with Crippen molar-refractivity contribution in [3.8, 4) is 5.75 Å². The quantitative estimate of drug-likeness (QED) is 0.402. The fourth-order valence-electron chi connectivity index (χ4n) is 2.92. The number of thioether (sulfide) groups is 1. The smallest absolute Gasteiger partial charge is 0.339 e.